The van der Waals surface area contributed by atoms with Gasteiger partial charge in [0.15, 0.2) is 0 Å². The molecule has 0 rings (SSSR count). The molecule has 0 N–H and O–H groups in total. The molecule has 6 nitrogen and oxygen atoms in total. The number of carbonyl (C=O) groups is 3. The van der Waals surface area contributed by atoms with E-state index in [4.69, 9.17) is 14.2 Å². The predicted molar refractivity (Wildman–Crippen MR) is 214 cm³/mol. The normalized spacial score (nSPS) is 15.2. The number of hydrogen-bond acceptors (Lipinski definition) is 9. The molecular weight excluding hydrogens is 767 g/mol. The molecule has 0 fully saturated rings. The average Bonchev–Trinajstić information content (AvgIpc) is 3.09. The van der Waals surface area contributed by atoms with Gasteiger partial charge in [-0.15, -0.1) is 0 Å². The molecule has 0 spiro atoms. The molecule has 0 heterocycles. The van der Waals surface area contributed by atoms with Crippen molar-refractivity contribution >= 4 is 60.4 Å². The van der Waals surface area contributed by atoms with E-state index in [0.717, 1.165) is 109 Å². The zero-order valence-corrected chi connectivity index (χ0v) is 37.9. The molecule has 0 aromatic rings. The Labute approximate surface area is 311 Å². The molecule has 1 unspecified atom stereocenters. The number of rotatable bonds is 33. The average molecular weight is 842 g/mol. The van der Waals surface area contributed by atoms with Gasteiger partial charge in [0.25, 0.3) is 0 Å². The third-order valence-electron chi connectivity index (χ3n) is 9.23. The van der Waals surface area contributed by atoms with Crippen molar-refractivity contribution in [1.29, 1.82) is 0 Å². The Kier molecular flexibility index (Phi) is 33.3. The van der Waals surface area contributed by atoms with Gasteiger partial charge in [-0.1, -0.05) is 0 Å². The maximum atomic E-state index is 13.9. The van der Waals surface area contributed by atoms with E-state index in [-0.39, 0.29) is 40.6 Å². The number of unbranched alkanes of at least 4 members (excludes halogenated alkanes) is 4. The van der Waals surface area contributed by atoms with Crippen molar-refractivity contribution in [2.75, 3.05) is 31.3 Å². The van der Waals surface area contributed by atoms with E-state index in [1.807, 2.05) is 0 Å². The van der Waals surface area contributed by atoms with Crippen LogP contribution in [-0.4, -0.2) is 70.1 Å². The summed E-state index contributed by atoms with van der Waals surface area (Å²) in [5.74, 6) is 1.52. The number of ether oxygens (including phenoxy) is 3. The maximum absolute atomic E-state index is 13.9. The molecule has 0 aliphatic rings. The van der Waals surface area contributed by atoms with Crippen molar-refractivity contribution in [3.8, 4) is 0 Å². The van der Waals surface area contributed by atoms with Crippen LogP contribution in [0, 0.1) is 23.7 Å². The van der Waals surface area contributed by atoms with E-state index in [0.29, 0.717) is 37.6 Å². The molecule has 6 atom stereocenters. The summed E-state index contributed by atoms with van der Waals surface area (Å²) in [6.07, 6.45) is 18.3. The van der Waals surface area contributed by atoms with Crippen LogP contribution in [0.4, 0.5) is 0 Å². The van der Waals surface area contributed by atoms with Gasteiger partial charge in [-0.2, -0.15) is 0 Å². The Balaban J connectivity index is 5.84. The minimum atomic E-state index is -2.84. The van der Waals surface area contributed by atoms with Gasteiger partial charge < -0.3 is 0 Å². The van der Waals surface area contributed by atoms with Crippen LogP contribution in [0.1, 0.15) is 165 Å². The number of carbonyl (C=O) groups excluding carboxylic acids is 3. The van der Waals surface area contributed by atoms with Gasteiger partial charge in [-0.25, -0.2) is 0 Å². The molecule has 0 radical (unpaired) electrons. The Hall–Kier alpha value is 0.259. The topological polar surface area (TPSA) is 78.9 Å². The van der Waals surface area contributed by atoms with Crippen LogP contribution < -0.4 is 0 Å². The summed E-state index contributed by atoms with van der Waals surface area (Å²) < 4.78 is 17.6. The van der Waals surface area contributed by atoms with E-state index in [1.165, 1.54) is 0 Å². The van der Waals surface area contributed by atoms with Gasteiger partial charge >= 0.3 is 314 Å². The third kappa shape index (κ3) is 24.4. The van der Waals surface area contributed by atoms with Crippen LogP contribution in [0.3, 0.4) is 0 Å². The fourth-order valence-electron chi connectivity index (χ4n) is 5.64. The Morgan fingerprint density at radius 1 is 0.521 bits per heavy atom. The molecule has 0 amide bonds. The number of hydrogen-bond donors (Lipinski definition) is 0. The van der Waals surface area contributed by atoms with Gasteiger partial charge in [0.2, 0.25) is 0 Å². The summed E-state index contributed by atoms with van der Waals surface area (Å²) >= 11 is -2.84. The molecule has 0 aliphatic carbocycles. The number of esters is 3. The van der Waals surface area contributed by atoms with E-state index in [2.05, 4.69) is 55.4 Å². The van der Waals surface area contributed by atoms with E-state index >= 15 is 0 Å². The molecule has 0 aromatic carbocycles. The summed E-state index contributed by atoms with van der Waals surface area (Å²) in [4.78, 5) is 39.8. The SMILES string of the molecule is CCCC[C@@H](CC)COC(=O)C[S][SnH]([S]CC(=O)OC[C@@H](CC)CCCC)[S][C@H](C(=O)OC[C@H](CC)CCCC)[C@H](CCC)CCCC. The molecule has 0 saturated heterocycles. The minimum absolute atomic E-state index is 0.0963. The van der Waals surface area contributed by atoms with Crippen LogP contribution >= 0.6 is 26.8 Å². The second-order valence-electron chi connectivity index (χ2n) is 13.4. The molecule has 0 aromatic heterocycles. The molecular formula is C38H74O6S3Sn. The third-order valence-corrected chi connectivity index (χ3v) is 39.0. The van der Waals surface area contributed by atoms with Gasteiger partial charge in [0, 0.05) is 0 Å². The fourth-order valence-corrected chi connectivity index (χ4v) is 34.6. The van der Waals surface area contributed by atoms with Crippen molar-refractivity contribution in [3.05, 3.63) is 0 Å². The van der Waals surface area contributed by atoms with Crippen LogP contribution in [0.2, 0.25) is 0 Å². The first-order valence-corrected chi connectivity index (χ1v) is 34.7. The predicted octanol–water partition coefficient (Wildman–Crippen LogP) is 11.2. The van der Waals surface area contributed by atoms with Crippen LogP contribution in [-0.2, 0) is 28.6 Å². The molecule has 0 aliphatic heterocycles. The summed E-state index contributed by atoms with van der Waals surface area (Å²) in [6, 6.07) is 0. The first kappa shape index (κ1) is 48.3. The summed E-state index contributed by atoms with van der Waals surface area (Å²) in [6.45, 7) is 18.9. The van der Waals surface area contributed by atoms with Gasteiger partial charge in [-0.3, -0.25) is 0 Å². The second kappa shape index (κ2) is 33.1. The van der Waals surface area contributed by atoms with Crippen molar-refractivity contribution in [1.82, 2.24) is 0 Å². The molecule has 48 heavy (non-hydrogen) atoms. The monoisotopic (exact) mass is 842 g/mol. The van der Waals surface area contributed by atoms with Crippen molar-refractivity contribution in [3.63, 3.8) is 0 Å². The van der Waals surface area contributed by atoms with E-state index in [1.54, 1.807) is 26.8 Å². The zero-order valence-electron chi connectivity index (χ0n) is 32.2. The van der Waals surface area contributed by atoms with Crippen LogP contribution in [0.15, 0.2) is 0 Å². The molecule has 10 heteroatoms. The molecule has 284 valence electrons. The first-order chi connectivity index (χ1) is 23.2. The van der Waals surface area contributed by atoms with Crippen molar-refractivity contribution in [2.24, 2.45) is 23.7 Å². The fraction of sp³-hybridized carbons (Fsp3) is 0.921. The van der Waals surface area contributed by atoms with Crippen LogP contribution in [0.25, 0.3) is 0 Å². The Bertz CT molecular complexity index is 768. The quantitative estimate of drug-likeness (QED) is 0.0365. The summed E-state index contributed by atoms with van der Waals surface area (Å²) in [7, 11) is 5.14. The van der Waals surface area contributed by atoms with Crippen LogP contribution in [0.5, 0.6) is 0 Å². The van der Waals surface area contributed by atoms with Crippen molar-refractivity contribution < 1.29 is 28.6 Å². The van der Waals surface area contributed by atoms with Gasteiger partial charge in [0.1, 0.15) is 0 Å². The molecule has 0 bridgehead atoms. The first-order valence-electron chi connectivity index (χ1n) is 19.6. The Morgan fingerprint density at radius 3 is 1.29 bits per heavy atom. The standard InChI is InChI=1S/C18H36O2S.2C10H20O2S.Sn.H/c1-5-9-12-15(8-4)14-20-18(19)17(21)16(11-7-3)13-10-6-2;2*1-3-5-6-9(4-2)7-12-10(11)8-13;;/h15-17,21H,5-14H2,1-4H3;2*9,13H,3-8H2,1-2H3;;/q;;;+3;/p-3/t15-,16-,17+;2*9-;;/m110../s1. The summed E-state index contributed by atoms with van der Waals surface area (Å²) in [5.41, 5.74) is 0. The van der Waals surface area contributed by atoms with Crippen molar-refractivity contribution in [2.45, 2.75) is 170 Å². The van der Waals surface area contributed by atoms with Gasteiger partial charge in [-0.05, 0) is 0 Å². The summed E-state index contributed by atoms with van der Waals surface area (Å²) in [5, 5.41) is -0.259. The second-order valence-corrected chi connectivity index (χ2v) is 40.6. The van der Waals surface area contributed by atoms with Gasteiger partial charge in [0.05, 0.1) is 0 Å². The molecule has 0 saturated carbocycles. The van der Waals surface area contributed by atoms with E-state index in [9.17, 15) is 14.4 Å². The zero-order chi connectivity index (χ0) is 36.0. The van der Waals surface area contributed by atoms with E-state index < -0.39 is 15.6 Å². The Morgan fingerprint density at radius 2 is 0.917 bits per heavy atom.